The molecule has 5 heteroatoms. The molecule has 0 spiro atoms. The van der Waals surface area contributed by atoms with Gasteiger partial charge in [0.15, 0.2) is 0 Å². The highest BCUT2D eigenvalue weighted by atomic mass is 35.5. The first kappa shape index (κ1) is 14.0. The molecule has 1 aromatic heterocycles. The van der Waals surface area contributed by atoms with Gasteiger partial charge in [0.05, 0.1) is 16.9 Å². The van der Waals surface area contributed by atoms with Gasteiger partial charge in [-0.15, -0.1) is 0 Å². The maximum absolute atomic E-state index is 12.8. The number of hydrogen-bond acceptors (Lipinski definition) is 2. The van der Waals surface area contributed by atoms with E-state index in [1.54, 1.807) is 23.0 Å². The van der Waals surface area contributed by atoms with Crippen LogP contribution in [0.3, 0.4) is 0 Å². The zero-order valence-electron chi connectivity index (χ0n) is 10.7. The fraction of sp³-hybridized carbons (Fsp3) is 0.357. The lowest BCUT2D eigenvalue weighted by Gasteiger charge is -2.14. The van der Waals surface area contributed by atoms with Crippen molar-refractivity contribution in [1.29, 1.82) is 0 Å². The van der Waals surface area contributed by atoms with Gasteiger partial charge < -0.3 is 5.11 Å². The Hall–Kier alpha value is -1.39. The highest BCUT2D eigenvalue weighted by molar-refractivity contribution is 6.31. The van der Waals surface area contributed by atoms with Crippen LogP contribution in [0.2, 0.25) is 5.02 Å². The van der Waals surface area contributed by atoms with Gasteiger partial charge in [0, 0.05) is 13.0 Å². The van der Waals surface area contributed by atoms with Crippen LogP contribution < -0.4 is 0 Å². The van der Waals surface area contributed by atoms with Crippen molar-refractivity contribution in [3.8, 4) is 0 Å². The van der Waals surface area contributed by atoms with E-state index < -0.39 is 6.10 Å². The molecule has 0 amide bonds. The molecule has 0 bridgehead atoms. The fourth-order valence-corrected chi connectivity index (χ4v) is 2.30. The summed E-state index contributed by atoms with van der Waals surface area (Å²) in [5.74, 6) is -0.285. The zero-order chi connectivity index (χ0) is 13.8. The van der Waals surface area contributed by atoms with Crippen LogP contribution in [0.5, 0.6) is 0 Å². The van der Waals surface area contributed by atoms with Crippen molar-refractivity contribution in [2.45, 2.75) is 32.4 Å². The quantitative estimate of drug-likeness (QED) is 0.913. The second-order valence-corrected chi connectivity index (χ2v) is 4.85. The Balaban J connectivity index is 2.17. The average molecular weight is 283 g/mol. The Bertz CT molecular complexity index is 539. The van der Waals surface area contributed by atoms with E-state index >= 15 is 0 Å². The Morgan fingerprint density at radius 2 is 2.05 bits per heavy atom. The lowest BCUT2D eigenvalue weighted by atomic mass is 10.1. The first-order chi connectivity index (χ1) is 9.11. The Morgan fingerprint density at radius 1 is 1.37 bits per heavy atom. The number of aryl methyl sites for hydroxylation is 1. The van der Waals surface area contributed by atoms with Gasteiger partial charge in [0.2, 0.25) is 0 Å². The highest BCUT2D eigenvalue weighted by Gasteiger charge is 2.18. The minimum atomic E-state index is -0.744. The van der Waals surface area contributed by atoms with E-state index in [9.17, 15) is 9.50 Å². The normalized spacial score (nSPS) is 12.6. The van der Waals surface area contributed by atoms with Crippen LogP contribution in [0.15, 0.2) is 30.5 Å². The topological polar surface area (TPSA) is 38.0 Å². The molecule has 1 N–H and O–H groups in total. The third-order valence-electron chi connectivity index (χ3n) is 2.93. The zero-order valence-corrected chi connectivity index (χ0v) is 11.4. The smallest absolute Gasteiger partial charge is 0.123 e. The Labute approximate surface area is 116 Å². The van der Waals surface area contributed by atoms with E-state index in [1.807, 2.05) is 6.92 Å². The first-order valence-electron chi connectivity index (χ1n) is 6.25. The number of aromatic nitrogens is 2. The number of hydrogen-bond donors (Lipinski definition) is 1. The molecule has 0 aliphatic rings. The summed E-state index contributed by atoms with van der Waals surface area (Å²) in [6.07, 6.45) is 2.09. The van der Waals surface area contributed by atoms with Gasteiger partial charge >= 0.3 is 0 Å². The number of aliphatic hydroxyl groups is 1. The van der Waals surface area contributed by atoms with Crippen LogP contribution >= 0.6 is 11.6 Å². The van der Waals surface area contributed by atoms with E-state index in [2.05, 4.69) is 5.10 Å². The number of benzene rings is 1. The second kappa shape index (κ2) is 6.17. The number of aliphatic hydroxyl groups excluding tert-OH is 1. The maximum atomic E-state index is 12.8. The summed E-state index contributed by atoms with van der Waals surface area (Å²) in [5, 5.41) is 14.9. The van der Waals surface area contributed by atoms with E-state index in [4.69, 9.17) is 11.6 Å². The van der Waals surface area contributed by atoms with E-state index in [0.717, 1.165) is 12.0 Å². The summed E-state index contributed by atoms with van der Waals surface area (Å²) >= 11 is 6.06. The Kier molecular flexibility index (Phi) is 4.56. The third-order valence-corrected chi connectivity index (χ3v) is 3.22. The van der Waals surface area contributed by atoms with Gasteiger partial charge in [0.1, 0.15) is 11.9 Å². The van der Waals surface area contributed by atoms with Gasteiger partial charge in [-0.2, -0.15) is 5.10 Å². The van der Waals surface area contributed by atoms with Crippen LogP contribution in [0, 0.1) is 5.82 Å². The van der Waals surface area contributed by atoms with Crippen LogP contribution in [0.1, 0.15) is 30.7 Å². The van der Waals surface area contributed by atoms with E-state index in [0.29, 0.717) is 23.7 Å². The van der Waals surface area contributed by atoms with Gasteiger partial charge in [0.25, 0.3) is 0 Å². The van der Waals surface area contributed by atoms with E-state index in [1.165, 1.54) is 12.1 Å². The lowest BCUT2D eigenvalue weighted by Crippen LogP contribution is -2.11. The fourth-order valence-electron chi connectivity index (χ4n) is 2.03. The van der Waals surface area contributed by atoms with Crippen LogP contribution in [0.4, 0.5) is 4.39 Å². The molecule has 0 radical (unpaired) electrons. The molecule has 2 rings (SSSR count). The minimum absolute atomic E-state index is 0.285. The molecular weight excluding hydrogens is 267 g/mol. The number of nitrogens with zero attached hydrogens (tertiary/aromatic N) is 2. The van der Waals surface area contributed by atoms with Gasteiger partial charge in [-0.25, -0.2) is 4.39 Å². The van der Waals surface area contributed by atoms with Crippen molar-refractivity contribution >= 4 is 11.6 Å². The predicted octanol–water partition coefficient (Wildman–Crippen LogP) is 3.36. The molecule has 1 aromatic carbocycles. The molecule has 19 heavy (non-hydrogen) atoms. The van der Waals surface area contributed by atoms with Crippen molar-refractivity contribution in [2.24, 2.45) is 0 Å². The Morgan fingerprint density at radius 3 is 2.68 bits per heavy atom. The number of halogens is 2. The average Bonchev–Trinajstić information content (AvgIpc) is 2.74. The molecule has 0 saturated carbocycles. The van der Waals surface area contributed by atoms with Gasteiger partial charge in [-0.1, -0.05) is 30.7 Å². The monoisotopic (exact) mass is 282 g/mol. The largest absolute Gasteiger partial charge is 0.386 e. The molecule has 0 saturated heterocycles. The summed E-state index contributed by atoms with van der Waals surface area (Å²) in [6.45, 7) is 2.74. The summed E-state index contributed by atoms with van der Waals surface area (Å²) in [6, 6.07) is 6.08. The summed E-state index contributed by atoms with van der Waals surface area (Å²) in [4.78, 5) is 0. The maximum Gasteiger partial charge on any atom is 0.123 e. The third kappa shape index (κ3) is 3.33. The molecule has 102 valence electrons. The predicted molar refractivity (Wildman–Crippen MR) is 72.6 cm³/mol. The molecule has 1 heterocycles. The van der Waals surface area contributed by atoms with Crippen molar-refractivity contribution < 1.29 is 9.50 Å². The molecule has 2 aromatic rings. The molecule has 0 fully saturated rings. The van der Waals surface area contributed by atoms with Crippen molar-refractivity contribution in [3.05, 3.63) is 52.6 Å². The van der Waals surface area contributed by atoms with Gasteiger partial charge in [-0.05, 0) is 24.1 Å². The highest BCUT2D eigenvalue weighted by Crippen LogP contribution is 2.26. The van der Waals surface area contributed by atoms with Crippen LogP contribution in [-0.2, 0) is 13.0 Å². The second-order valence-electron chi connectivity index (χ2n) is 4.45. The first-order valence-corrected chi connectivity index (χ1v) is 6.63. The van der Waals surface area contributed by atoms with Crippen molar-refractivity contribution in [2.75, 3.05) is 0 Å². The summed E-state index contributed by atoms with van der Waals surface area (Å²) in [5.41, 5.74) is 1.47. The number of rotatable bonds is 5. The van der Waals surface area contributed by atoms with Crippen molar-refractivity contribution in [3.63, 3.8) is 0 Å². The minimum Gasteiger partial charge on any atom is -0.386 e. The molecule has 3 nitrogen and oxygen atoms in total. The molecule has 1 unspecified atom stereocenters. The van der Waals surface area contributed by atoms with E-state index in [-0.39, 0.29) is 5.82 Å². The van der Waals surface area contributed by atoms with Crippen LogP contribution in [-0.4, -0.2) is 14.9 Å². The molecule has 0 aliphatic heterocycles. The van der Waals surface area contributed by atoms with Crippen LogP contribution in [0.25, 0.3) is 0 Å². The molecule has 1 atom stereocenters. The molecular formula is C14H16ClFN2O. The van der Waals surface area contributed by atoms with Crippen molar-refractivity contribution in [1.82, 2.24) is 9.78 Å². The SMILES string of the molecule is CCCn1ncc(Cl)c1C(O)Cc1ccc(F)cc1. The standard InChI is InChI=1S/C14H16ClFN2O/c1-2-7-18-14(12(15)9-17-18)13(19)8-10-3-5-11(16)6-4-10/h3-6,9,13,19H,2,7-8H2,1H3. The van der Waals surface area contributed by atoms with Gasteiger partial charge in [-0.3, -0.25) is 4.68 Å². The molecule has 0 aliphatic carbocycles. The summed E-state index contributed by atoms with van der Waals surface area (Å²) < 4.78 is 14.5. The lowest BCUT2D eigenvalue weighted by molar-refractivity contribution is 0.166. The summed E-state index contributed by atoms with van der Waals surface area (Å²) in [7, 11) is 0.